The van der Waals surface area contributed by atoms with Crippen LogP contribution in [0.5, 0.6) is 0 Å². The topological polar surface area (TPSA) is 69.4 Å². The summed E-state index contributed by atoms with van der Waals surface area (Å²) in [5.41, 5.74) is 5.03. The van der Waals surface area contributed by atoms with E-state index in [2.05, 4.69) is 0 Å². The number of nitrogens with two attached hydrogens (primary N) is 1. The van der Waals surface area contributed by atoms with Gasteiger partial charge in [0.1, 0.15) is 0 Å². The molecule has 1 aliphatic carbocycles. The Morgan fingerprint density at radius 2 is 2.21 bits per heavy atom. The molecule has 2 atom stereocenters. The fourth-order valence-corrected chi connectivity index (χ4v) is 4.02. The first-order valence-electron chi connectivity index (χ1n) is 4.99. The van der Waals surface area contributed by atoms with Crippen molar-refractivity contribution in [2.45, 2.75) is 37.0 Å². The smallest absolute Gasteiger partial charge is 0.153 e. The Balaban J connectivity index is 2.94. The van der Waals surface area contributed by atoms with Crippen LogP contribution >= 0.6 is 0 Å². The number of hydrogen-bond donors (Lipinski definition) is 1. The van der Waals surface area contributed by atoms with Crippen LogP contribution in [0.15, 0.2) is 0 Å². The van der Waals surface area contributed by atoms with Crippen molar-refractivity contribution in [2.24, 2.45) is 5.73 Å². The minimum absolute atomic E-state index is 0.290. The van der Waals surface area contributed by atoms with Gasteiger partial charge in [0.25, 0.3) is 0 Å². The van der Waals surface area contributed by atoms with E-state index in [0.29, 0.717) is 19.6 Å². The van der Waals surface area contributed by atoms with Gasteiger partial charge in [0.2, 0.25) is 0 Å². The van der Waals surface area contributed by atoms with Crippen LogP contribution < -0.4 is 5.73 Å². The van der Waals surface area contributed by atoms with Gasteiger partial charge in [0, 0.05) is 19.4 Å². The van der Waals surface area contributed by atoms with Crippen LogP contribution in [0.2, 0.25) is 0 Å². The van der Waals surface area contributed by atoms with Crippen molar-refractivity contribution in [1.29, 1.82) is 0 Å². The molecule has 1 rings (SSSR count). The lowest BCUT2D eigenvalue weighted by Gasteiger charge is -2.32. The summed E-state index contributed by atoms with van der Waals surface area (Å²) in [7, 11) is -3.05. The highest BCUT2D eigenvalue weighted by molar-refractivity contribution is 7.91. The zero-order chi connectivity index (χ0) is 10.8. The predicted octanol–water partition coefficient (Wildman–Crippen LogP) is 0.317. The van der Waals surface area contributed by atoms with Crippen molar-refractivity contribution in [3.8, 4) is 0 Å². The Morgan fingerprint density at radius 3 is 2.64 bits per heavy atom. The number of rotatable bonds is 4. The van der Waals surface area contributed by atoms with Gasteiger partial charge in [0.15, 0.2) is 9.84 Å². The summed E-state index contributed by atoms with van der Waals surface area (Å²) in [5, 5.41) is -0.417. The highest BCUT2D eigenvalue weighted by Gasteiger charge is 2.47. The normalized spacial score (nSPS) is 33.5. The number of sulfone groups is 1. The summed E-state index contributed by atoms with van der Waals surface area (Å²) in [6, 6.07) is 0. The third-order valence-corrected chi connectivity index (χ3v) is 4.65. The van der Waals surface area contributed by atoms with Gasteiger partial charge in [-0.25, -0.2) is 8.42 Å². The number of ether oxygens (including phenoxy) is 1. The largest absolute Gasteiger partial charge is 0.373 e. The molecule has 0 radical (unpaired) electrons. The van der Waals surface area contributed by atoms with E-state index in [1.54, 1.807) is 0 Å². The lowest BCUT2D eigenvalue weighted by atomic mass is 10.0. The van der Waals surface area contributed by atoms with E-state index < -0.39 is 20.7 Å². The average Bonchev–Trinajstić information content (AvgIpc) is 2.49. The molecule has 0 saturated heterocycles. The Kier molecular flexibility index (Phi) is 3.55. The van der Waals surface area contributed by atoms with E-state index in [0.717, 1.165) is 12.8 Å². The molecule has 1 fully saturated rings. The van der Waals surface area contributed by atoms with Crippen LogP contribution in [0.1, 0.15) is 26.2 Å². The van der Waals surface area contributed by atoms with Gasteiger partial charge in [0.05, 0.1) is 10.9 Å². The first kappa shape index (κ1) is 11.9. The highest BCUT2D eigenvalue weighted by Crippen LogP contribution is 2.37. The molecule has 0 bridgehead atoms. The molecule has 0 spiro atoms. The van der Waals surface area contributed by atoms with Crippen LogP contribution in [-0.4, -0.2) is 38.7 Å². The van der Waals surface area contributed by atoms with Crippen molar-refractivity contribution in [1.82, 2.24) is 0 Å². The second-order valence-electron chi connectivity index (χ2n) is 3.91. The molecule has 0 aromatic heterocycles. The van der Waals surface area contributed by atoms with Crippen LogP contribution in [0, 0.1) is 0 Å². The summed E-state index contributed by atoms with van der Waals surface area (Å²) in [5.74, 6) is 0. The molecule has 0 aromatic carbocycles. The Morgan fingerprint density at radius 1 is 1.57 bits per heavy atom. The predicted molar refractivity (Wildman–Crippen MR) is 55.9 cm³/mol. The fourth-order valence-electron chi connectivity index (χ4n) is 2.36. The van der Waals surface area contributed by atoms with E-state index >= 15 is 0 Å². The summed E-state index contributed by atoms with van der Waals surface area (Å²) >= 11 is 0. The molecule has 0 amide bonds. The molecule has 0 heterocycles. The Labute approximate surface area is 85.7 Å². The second-order valence-corrected chi connectivity index (χ2v) is 6.14. The van der Waals surface area contributed by atoms with Gasteiger partial charge in [-0.15, -0.1) is 0 Å². The zero-order valence-corrected chi connectivity index (χ0v) is 9.64. The summed E-state index contributed by atoms with van der Waals surface area (Å²) in [4.78, 5) is 0. The van der Waals surface area contributed by atoms with Gasteiger partial charge in [-0.3, -0.25) is 0 Å². The van der Waals surface area contributed by atoms with Crippen LogP contribution in [-0.2, 0) is 14.6 Å². The molecular weight excluding hydrogens is 202 g/mol. The van der Waals surface area contributed by atoms with Crippen LogP contribution in [0.4, 0.5) is 0 Å². The first-order valence-corrected chi connectivity index (χ1v) is 6.94. The highest BCUT2D eigenvalue weighted by atomic mass is 32.2. The van der Waals surface area contributed by atoms with Crippen LogP contribution in [0.3, 0.4) is 0 Å². The average molecular weight is 221 g/mol. The van der Waals surface area contributed by atoms with Gasteiger partial charge in [-0.1, -0.05) is 0 Å². The van der Waals surface area contributed by atoms with Crippen molar-refractivity contribution in [2.75, 3.05) is 19.4 Å². The van der Waals surface area contributed by atoms with E-state index in [9.17, 15) is 8.42 Å². The van der Waals surface area contributed by atoms with Crippen molar-refractivity contribution in [3.63, 3.8) is 0 Å². The molecule has 84 valence electrons. The van der Waals surface area contributed by atoms with E-state index in [4.69, 9.17) is 10.5 Å². The monoisotopic (exact) mass is 221 g/mol. The maximum Gasteiger partial charge on any atom is 0.153 e. The van der Waals surface area contributed by atoms with Gasteiger partial charge in [-0.2, -0.15) is 0 Å². The lowest BCUT2D eigenvalue weighted by molar-refractivity contribution is -0.0239. The Hall–Kier alpha value is -0.130. The minimum Gasteiger partial charge on any atom is -0.373 e. The Bertz CT molecular complexity index is 288. The third-order valence-electron chi connectivity index (χ3n) is 2.95. The molecule has 2 N–H and O–H groups in total. The molecular formula is C9H19NO3S. The molecule has 1 aliphatic rings. The maximum atomic E-state index is 11.5. The molecule has 0 aromatic rings. The molecule has 0 aliphatic heterocycles. The summed E-state index contributed by atoms with van der Waals surface area (Å²) in [6.07, 6.45) is 3.59. The molecule has 14 heavy (non-hydrogen) atoms. The van der Waals surface area contributed by atoms with Crippen LogP contribution in [0.25, 0.3) is 0 Å². The van der Waals surface area contributed by atoms with Gasteiger partial charge < -0.3 is 10.5 Å². The summed E-state index contributed by atoms with van der Waals surface area (Å²) < 4.78 is 28.7. The standard InChI is InChI=1S/C9H19NO3S/c1-3-13-9(7-10)6-4-5-8(9)14(2,11)12/h8H,3-7,10H2,1-2H3. The van der Waals surface area contributed by atoms with E-state index in [-0.39, 0.29) is 0 Å². The summed E-state index contributed by atoms with van der Waals surface area (Å²) in [6.45, 7) is 2.68. The van der Waals surface area contributed by atoms with E-state index in [1.807, 2.05) is 6.92 Å². The molecule has 5 heteroatoms. The van der Waals surface area contributed by atoms with Crippen molar-refractivity contribution < 1.29 is 13.2 Å². The quantitative estimate of drug-likeness (QED) is 0.742. The van der Waals surface area contributed by atoms with E-state index in [1.165, 1.54) is 6.26 Å². The maximum absolute atomic E-state index is 11.5. The lowest BCUT2D eigenvalue weighted by Crippen LogP contribution is -2.50. The zero-order valence-electron chi connectivity index (χ0n) is 8.82. The minimum atomic E-state index is -3.05. The van der Waals surface area contributed by atoms with Crippen molar-refractivity contribution >= 4 is 9.84 Å². The molecule has 4 nitrogen and oxygen atoms in total. The van der Waals surface area contributed by atoms with Crippen molar-refractivity contribution in [3.05, 3.63) is 0 Å². The SMILES string of the molecule is CCOC1(CN)CCCC1S(C)(=O)=O. The second kappa shape index (κ2) is 4.16. The fraction of sp³-hybridized carbons (Fsp3) is 1.00. The molecule has 2 unspecified atom stereocenters. The van der Waals surface area contributed by atoms with Gasteiger partial charge in [-0.05, 0) is 26.2 Å². The first-order chi connectivity index (χ1) is 6.46. The van der Waals surface area contributed by atoms with Gasteiger partial charge >= 0.3 is 0 Å². The number of hydrogen-bond acceptors (Lipinski definition) is 4. The molecule has 1 saturated carbocycles. The third kappa shape index (κ3) is 2.10.